The molecule has 4 heteroatoms. The first kappa shape index (κ1) is 13.4. The summed E-state index contributed by atoms with van der Waals surface area (Å²) in [6, 6.07) is 14.9. The molecular weight excluding hydrogens is 260 g/mol. The number of rotatable bonds is 5. The number of sulfone groups is 1. The first-order valence-corrected chi connectivity index (χ1v) is 7.27. The van der Waals surface area contributed by atoms with Gasteiger partial charge in [0.15, 0.2) is 0 Å². The Hall–Kier alpha value is -2.07. The third-order valence-electron chi connectivity index (χ3n) is 2.55. The van der Waals surface area contributed by atoms with Crippen molar-refractivity contribution >= 4 is 9.84 Å². The Balaban J connectivity index is 2.49. The molecule has 0 saturated heterocycles. The van der Waals surface area contributed by atoms with E-state index in [0.717, 1.165) is 0 Å². The van der Waals surface area contributed by atoms with Crippen LogP contribution in [-0.4, -0.2) is 15.0 Å². The highest BCUT2D eigenvalue weighted by Gasteiger charge is 2.21. The van der Waals surface area contributed by atoms with Gasteiger partial charge in [0, 0.05) is 0 Å². The van der Waals surface area contributed by atoms with Crippen molar-refractivity contribution in [3.8, 4) is 5.75 Å². The average molecular weight is 274 g/mol. The smallest absolute Gasteiger partial charge is 0.210 e. The number of ether oxygens (including phenoxy) is 1. The maximum absolute atomic E-state index is 12.5. The minimum Gasteiger partial charge on any atom is -0.488 e. The highest BCUT2D eigenvalue weighted by Crippen LogP contribution is 2.29. The van der Waals surface area contributed by atoms with Crippen LogP contribution in [0.15, 0.2) is 77.0 Å². The Morgan fingerprint density at radius 2 is 1.63 bits per heavy atom. The Labute approximate surface area is 113 Å². The lowest BCUT2D eigenvalue weighted by Crippen LogP contribution is -2.05. The SMILES string of the molecule is C=CCOc1ccccc1S(=O)(=O)c1ccccc1. The van der Waals surface area contributed by atoms with Gasteiger partial charge in [-0.05, 0) is 24.3 Å². The van der Waals surface area contributed by atoms with Gasteiger partial charge in [0.25, 0.3) is 0 Å². The van der Waals surface area contributed by atoms with Gasteiger partial charge in [-0.15, -0.1) is 0 Å². The molecule has 0 saturated carbocycles. The second kappa shape index (κ2) is 5.71. The summed E-state index contributed by atoms with van der Waals surface area (Å²) in [5, 5.41) is 0. The molecule has 0 aliphatic rings. The molecule has 0 spiro atoms. The Morgan fingerprint density at radius 3 is 2.32 bits per heavy atom. The maximum atomic E-state index is 12.5. The summed E-state index contributed by atoms with van der Waals surface area (Å²) in [6.07, 6.45) is 1.58. The fourth-order valence-corrected chi connectivity index (χ4v) is 3.09. The molecule has 0 radical (unpaired) electrons. The van der Waals surface area contributed by atoms with E-state index < -0.39 is 9.84 Å². The van der Waals surface area contributed by atoms with E-state index in [2.05, 4.69) is 6.58 Å². The van der Waals surface area contributed by atoms with Gasteiger partial charge in [0.05, 0.1) is 4.90 Å². The molecule has 3 nitrogen and oxygen atoms in total. The molecule has 0 aliphatic carbocycles. The summed E-state index contributed by atoms with van der Waals surface area (Å²) in [7, 11) is -3.56. The van der Waals surface area contributed by atoms with Gasteiger partial charge in [0.2, 0.25) is 9.84 Å². The van der Waals surface area contributed by atoms with Gasteiger partial charge >= 0.3 is 0 Å². The zero-order chi connectivity index (χ0) is 13.7. The molecule has 98 valence electrons. The molecule has 0 aliphatic heterocycles. The van der Waals surface area contributed by atoms with Gasteiger partial charge in [0.1, 0.15) is 17.3 Å². The molecule has 0 heterocycles. The van der Waals surface area contributed by atoms with Crippen molar-refractivity contribution in [2.45, 2.75) is 9.79 Å². The number of benzene rings is 2. The number of hydrogen-bond donors (Lipinski definition) is 0. The van der Waals surface area contributed by atoms with Crippen LogP contribution in [0.2, 0.25) is 0 Å². The first-order chi connectivity index (χ1) is 9.16. The molecule has 2 aromatic carbocycles. The van der Waals surface area contributed by atoms with Crippen molar-refractivity contribution in [3.63, 3.8) is 0 Å². The van der Waals surface area contributed by atoms with E-state index in [1.54, 1.807) is 60.7 Å². The molecule has 0 atom stereocenters. The molecule has 2 rings (SSSR count). The quantitative estimate of drug-likeness (QED) is 0.787. The summed E-state index contributed by atoms with van der Waals surface area (Å²) in [4.78, 5) is 0.424. The summed E-state index contributed by atoms with van der Waals surface area (Å²) in [6.45, 7) is 3.82. The van der Waals surface area contributed by atoms with Gasteiger partial charge in [-0.3, -0.25) is 0 Å². The standard InChI is InChI=1S/C15H14O3S/c1-2-12-18-14-10-6-7-11-15(14)19(16,17)13-8-4-3-5-9-13/h2-11H,1,12H2. The summed E-state index contributed by atoms with van der Waals surface area (Å²) < 4.78 is 30.4. The molecule has 0 fully saturated rings. The normalized spacial score (nSPS) is 10.9. The highest BCUT2D eigenvalue weighted by atomic mass is 32.2. The van der Waals surface area contributed by atoms with E-state index in [0.29, 0.717) is 5.75 Å². The monoisotopic (exact) mass is 274 g/mol. The molecule has 19 heavy (non-hydrogen) atoms. The predicted octanol–water partition coefficient (Wildman–Crippen LogP) is 3.08. The average Bonchev–Trinajstić information content (AvgIpc) is 2.46. The fourth-order valence-electron chi connectivity index (χ4n) is 1.67. The van der Waals surface area contributed by atoms with Crippen molar-refractivity contribution in [1.29, 1.82) is 0 Å². The second-order valence-electron chi connectivity index (χ2n) is 3.86. The van der Waals surface area contributed by atoms with Gasteiger partial charge < -0.3 is 4.74 Å². The molecule has 0 amide bonds. The third kappa shape index (κ3) is 2.85. The van der Waals surface area contributed by atoms with Crippen LogP contribution in [0.1, 0.15) is 0 Å². The summed E-state index contributed by atoms with van der Waals surface area (Å²) in [5.41, 5.74) is 0. The number of hydrogen-bond acceptors (Lipinski definition) is 3. The summed E-state index contributed by atoms with van der Waals surface area (Å²) >= 11 is 0. The Morgan fingerprint density at radius 1 is 1.00 bits per heavy atom. The van der Waals surface area contributed by atoms with Crippen molar-refractivity contribution < 1.29 is 13.2 Å². The van der Waals surface area contributed by atoms with E-state index >= 15 is 0 Å². The van der Waals surface area contributed by atoms with E-state index in [1.165, 1.54) is 0 Å². The molecule has 0 aromatic heterocycles. The van der Waals surface area contributed by atoms with E-state index in [-0.39, 0.29) is 16.4 Å². The molecule has 0 bridgehead atoms. The second-order valence-corrected chi connectivity index (χ2v) is 5.78. The predicted molar refractivity (Wildman–Crippen MR) is 74.0 cm³/mol. The zero-order valence-electron chi connectivity index (χ0n) is 10.3. The number of para-hydroxylation sites is 1. The summed E-state index contributed by atoms with van der Waals surface area (Å²) in [5.74, 6) is 0.339. The zero-order valence-corrected chi connectivity index (χ0v) is 11.1. The van der Waals surface area contributed by atoms with Crippen molar-refractivity contribution in [1.82, 2.24) is 0 Å². The molecule has 2 aromatic rings. The van der Waals surface area contributed by atoms with Gasteiger partial charge in [-0.1, -0.05) is 43.0 Å². The van der Waals surface area contributed by atoms with Crippen molar-refractivity contribution in [2.75, 3.05) is 6.61 Å². The minimum absolute atomic E-state index is 0.169. The Kier molecular flexibility index (Phi) is 4.02. The van der Waals surface area contributed by atoms with Crippen molar-refractivity contribution in [3.05, 3.63) is 67.3 Å². The molecule has 0 N–H and O–H groups in total. The molecular formula is C15H14O3S. The van der Waals surface area contributed by atoms with Crippen molar-refractivity contribution in [2.24, 2.45) is 0 Å². The van der Waals surface area contributed by atoms with Gasteiger partial charge in [-0.2, -0.15) is 0 Å². The fraction of sp³-hybridized carbons (Fsp3) is 0.0667. The minimum atomic E-state index is -3.56. The van der Waals surface area contributed by atoms with E-state index in [9.17, 15) is 8.42 Å². The topological polar surface area (TPSA) is 43.4 Å². The lowest BCUT2D eigenvalue weighted by atomic mass is 10.3. The van der Waals surface area contributed by atoms with Gasteiger partial charge in [-0.25, -0.2) is 8.42 Å². The third-order valence-corrected chi connectivity index (χ3v) is 4.36. The van der Waals surface area contributed by atoms with Crippen LogP contribution in [0.3, 0.4) is 0 Å². The van der Waals surface area contributed by atoms with Crippen LogP contribution < -0.4 is 4.74 Å². The van der Waals surface area contributed by atoms with Crippen LogP contribution >= 0.6 is 0 Å². The first-order valence-electron chi connectivity index (χ1n) is 5.79. The van der Waals surface area contributed by atoms with Crippen LogP contribution in [0, 0.1) is 0 Å². The maximum Gasteiger partial charge on any atom is 0.210 e. The largest absolute Gasteiger partial charge is 0.488 e. The lowest BCUT2D eigenvalue weighted by Gasteiger charge is -2.10. The van der Waals surface area contributed by atoms with Crippen LogP contribution in [0.25, 0.3) is 0 Å². The Bertz CT molecular complexity index is 661. The van der Waals surface area contributed by atoms with E-state index in [4.69, 9.17) is 4.74 Å². The molecule has 0 unspecified atom stereocenters. The van der Waals surface area contributed by atoms with E-state index in [1.807, 2.05) is 0 Å². The highest BCUT2D eigenvalue weighted by molar-refractivity contribution is 7.91. The van der Waals surface area contributed by atoms with Crippen LogP contribution in [-0.2, 0) is 9.84 Å². The van der Waals surface area contributed by atoms with Crippen LogP contribution in [0.5, 0.6) is 5.75 Å². The lowest BCUT2D eigenvalue weighted by molar-refractivity contribution is 0.353. The van der Waals surface area contributed by atoms with Crippen LogP contribution in [0.4, 0.5) is 0 Å².